The lowest BCUT2D eigenvalue weighted by molar-refractivity contribution is 0.0491. The van der Waals surface area contributed by atoms with Gasteiger partial charge in [-0.1, -0.05) is 35.9 Å². The number of aliphatic hydroxyl groups is 1. The van der Waals surface area contributed by atoms with Crippen LogP contribution in [0.5, 0.6) is 11.5 Å². The lowest BCUT2D eigenvalue weighted by Gasteiger charge is -2.19. The van der Waals surface area contributed by atoms with E-state index in [4.69, 9.17) is 21.1 Å². The average Bonchev–Trinajstić information content (AvgIpc) is 2.91. The van der Waals surface area contributed by atoms with Gasteiger partial charge in [-0.15, -0.1) is 0 Å². The van der Waals surface area contributed by atoms with Gasteiger partial charge in [0.1, 0.15) is 23.7 Å². The second-order valence-corrected chi connectivity index (χ2v) is 5.21. The highest BCUT2D eigenvalue weighted by atomic mass is 35.5. The van der Waals surface area contributed by atoms with Crippen molar-refractivity contribution in [1.82, 2.24) is 0 Å². The molecule has 3 nitrogen and oxygen atoms in total. The highest BCUT2D eigenvalue weighted by Gasteiger charge is 2.30. The Balaban J connectivity index is 1.82. The van der Waals surface area contributed by atoms with Gasteiger partial charge >= 0.3 is 0 Å². The van der Waals surface area contributed by atoms with Crippen molar-refractivity contribution >= 4 is 11.6 Å². The molecule has 104 valence electrons. The molecule has 2 atom stereocenters. The molecule has 1 heterocycles. The van der Waals surface area contributed by atoms with Gasteiger partial charge in [-0.3, -0.25) is 0 Å². The normalized spacial score (nSPS) is 18.2. The molecule has 3 rings (SSSR count). The molecule has 0 saturated heterocycles. The minimum Gasteiger partial charge on any atom is -0.495 e. The third-order valence-electron chi connectivity index (χ3n) is 3.54. The number of benzene rings is 2. The van der Waals surface area contributed by atoms with E-state index in [1.807, 2.05) is 24.3 Å². The van der Waals surface area contributed by atoms with Crippen molar-refractivity contribution in [1.29, 1.82) is 0 Å². The first-order valence-electron chi connectivity index (χ1n) is 6.45. The molecule has 2 aromatic rings. The van der Waals surface area contributed by atoms with Crippen molar-refractivity contribution < 1.29 is 14.6 Å². The molecule has 0 spiro atoms. The van der Waals surface area contributed by atoms with E-state index in [-0.39, 0.29) is 6.10 Å². The third kappa shape index (κ3) is 2.35. The second kappa shape index (κ2) is 5.35. The van der Waals surface area contributed by atoms with Gasteiger partial charge in [-0.25, -0.2) is 0 Å². The van der Waals surface area contributed by atoms with Crippen LogP contribution in [0.3, 0.4) is 0 Å². The zero-order valence-corrected chi connectivity index (χ0v) is 11.8. The number of aliphatic hydroxyl groups excluding tert-OH is 1. The van der Waals surface area contributed by atoms with Crippen LogP contribution in [-0.4, -0.2) is 18.3 Å². The predicted octanol–water partition coefficient (Wildman–Crippen LogP) is 3.39. The van der Waals surface area contributed by atoms with Crippen LogP contribution in [0.4, 0.5) is 0 Å². The standard InChI is InChI=1S/C16H15ClO3/c1-19-14-9-11(6-7-12(14)17)16(18)15-8-10-4-2-3-5-13(10)20-15/h2-7,9,15-16,18H,8H2,1H3. The summed E-state index contributed by atoms with van der Waals surface area (Å²) in [4.78, 5) is 0. The van der Waals surface area contributed by atoms with Crippen molar-refractivity contribution in [2.75, 3.05) is 7.11 Å². The van der Waals surface area contributed by atoms with E-state index >= 15 is 0 Å². The Labute approximate surface area is 122 Å². The summed E-state index contributed by atoms with van der Waals surface area (Å²) in [5, 5.41) is 11.0. The van der Waals surface area contributed by atoms with E-state index in [0.717, 1.165) is 16.9 Å². The number of fused-ring (bicyclic) bond motifs is 1. The van der Waals surface area contributed by atoms with Crippen molar-refractivity contribution in [2.45, 2.75) is 18.6 Å². The maximum atomic E-state index is 10.5. The first-order valence-corrected chi connectivity index (χ1v) is 6.83. The van der Waals surface area contributed by atoms with Crippen LogP contribution in [0, 0.1) is 0 Å². The van der Waals surface area contributed by atoms with Crippen molar-refractivity contribution in [3.05, 3.63) is 58.6 Å². The molecule has 20 heavy (non-hydrogen) atoms. The van der Waals surface area contributed by atoms with Crippen LogP contribution >= 0.6 is 11.6 Å². The van der Waals surface area contributed by atoms with Crippen LogP contribution in [0.2, 0.25) is 5.02 Å². The summed E-state index contributed by atoms with van der Waals surface area (Å²) in [6.45, 7) is 0. The predicted molar refractivity (Wildman–Crippen MR) is 77.5 cm³/mol. The maximum Gasteiger partial charge on any atom is 0.137 e. The highest BCUT2D eigenvalue weighted by molar-refractivity contribution is 6.32. The van der Waals surface area contributed by atoms with Crippen molar-refractivity contribution in [3.8, 4) is 11.5 Å². The molecule has 0 fully saturated rings. The van der Waals surface area contributed by atoms with Gasteiger partial charge in [-0.2, -0.15) is 0 Å². The Morgan fingerprint density at radius 2 is 2.10 bits per heavy atom. The topological polar surface area (TPSA) is 38.7 Å². The molecule has 0 saturated carbocycles. The Bertz CT molecular complexity index is 602. The molecule has 2 aromatic carbocycles. The van der Waals surface area contributed by atoms with Gasteiger partial charge in [-0.05, 0) is 29.3 Å². The lowest BCUT2D eigenvalue weighted by atomic mass is 10.00. The summed E-state index contributed by atoms with van der Waals surface area (Å²) in [7, 11) is 1.55. The average molecular weight is 291 g/mol. The third-order valence-corrected chi connectivity index (χ3v) is 3.85. The van der Waals surface area contributed by atoms with Crippen LogP contribution in [0.15, 0.2) is 42.5 Å². The number of para-hydroxylation sites is 1. The first kappa shape index (κ1) is 13.3. The van der Waals surface area contributed by atoms with Gasteiger partial charge < -0.3 is 14.6 Å². The summed E-state index contributed by atoms with van der Waals surface area (Å²) in [5.41, 5.74) is 1.86. The van der Waals surface area contributed by atoms with Crippen LogP contribution in [0.25, 0.3) is 0 Å². The molecule has 4 heteroatoms. The molecule has 0 aliphatic carbocycles. The van der Waals surface area contributed by atoms with Crippen molar-refractivity contribution in [3.63, 3.8) is 0 Å². The van der Waals surface area contributed by atoms with Crippen LogP contribution in [0.1, 0.15) is 17.2 Å². The number of rotatable bonds is 3. The molecule has 1 N–H and O–H groups in total. The van der Waals surface area contributed by atoms with Gasteiger partial charge in [0.25, 0.3) is 0 Å². The lowest BCUT2D eigenvalue weighted by Crippen LogP contribution is -2.23. The minimum atomic E-state index is -0.714. The van der Waals surface area contributed by atoms with E-state index in [2.05, 4.69) is 0 Å². The Morgan fingerprint density at radius 3 is 2.85 bits per heavy atom. The SMILES string of the molecule is COc1cc(C(O)C2Cc3ccccc3O2)ccc1Cl. The number of methoxy groups -OCH3 is 1. The quantitative estimate of drug-likeness (QED) is 0.942. The van der Waals surface area contributed by atoms with Gasteiger partial charge in [0, 0.05) is 6.42 Å². The van der Waals surface area contributed by atoms with E-state index < -0.39 is 6.10 Å². The Hall–Kier alpha value is -1.71. The zero-order chi connectivity index (χ0) is 14.1. The Kier molecular flexibility index (Phi) is 3.55. The summed E-state index contributed by atoms with van der Waals surface area (Å²) in [6.07, 6.45) is -0.297. The van der Waals surface area contributed by atoms with E-state index in [1.165, 1.54) is 0 Å². The summed E-state index contributed by atoms with van der Waals surface area (Å²) in [5.74, 6) is 1.40. The summed E-state index contributed by atoms with van der Waals surface area (Å²) in [6, 6.07) is 13.1. The highest BCUT2D eigenvalue weighted by Crippen LogP contribution is 2.36. The van der Waals surface area contributed by atoms with Gasteiger partial charge in [0.15, 0.2) is 0 Å². The molecule has 2 unspecified atom stereocenters. The van der Waals surface area contributed by atoms with E-state index in [1.54, 1.807) is 25.3 Å². The van der Waals surface area contributed by atoms with Crippen LogP contribution < -0.4 is 9.47 Å². The molecule has 0 radical (unpaired) electrons. The number of halogens is 1. The van der Waals surface area contributed by atoms with E-state index in [0.29, 0.717) is 17.2 Å². The molecular weight excluding hydrogens is 276 g/mol. The second-order valence-electron chi connectivity index (χ2n) is 4.81. The monoisotopic (exact) mass is 290 g/mol. The molecule has 0 amide bonds. The molecule has 0 bridgehead atoms. The number of ether oxygens (including phenoxy) is 2. The largest absolute Gasteiger partial charge is 0.495 e. The fraction of sp³-hybridized carbons (Fsp3) is 0.250. The fourth-order valence-electron chi connectivity index (χ4n) is 2.46. The number of hydrogen-bond acceptors (Lipinski definition) is 3. The first-order chi connectivity index (χ1) is 9.69. The minimum absolute atomic E-state index is 0.279. The zero-order valence-electron chi connectivity index (χ0n) is 11.0. The molecule has 1 aliphatic rings. The summed E-state index contributed by atoms with van der Waals surface area (Å²) >= 11 is 6.00. The van der Waals surface area contributed by atoms with Crippen molar-refractivity contribution in [2.24, 2.45) is 0 Å². The van der Waals surface area contributed by atoms with Gasteiger partial charge in [0.2, 0.25) is 0 Å². The van der Waals surface area contributed by atoms with Crippen LogP contribution in [-0.2, 0) is 6.42 Å². The fourth-order valence-corrected chi connectivity index (χ4v) is 2.65. The number of hydrogen-bond donors (Lipinski definition) is 1. The molecule has 0 aromatic heterocycles. The van der Waals surface area contributed by atoms with E-state index in [9.17, 15) is 5.11 Å². The maximum absolute atomic E-state index is 10.5. The summed E-state index contributed by atoms with van der Waals surface area (Å²) < 4.78 is 11.0. The molecule has 1 aliphatic heterocycles. The Morgan fingerprint density at radius 1 is 1.30 bits per heavy atom. The smallest absolute Gasteiger partial charge is 0.137 e. The molecular formula is C16H15ClO3. The van der Waals surface area contributed by atoms with Gasteiger partial charge in [0.05, 0.1) is 12.1 Å².